The van der Waals surface area contributed by atoms with Crippen LogP contribution in [0.4, 0.5) is 15.9 Å². The molecule has 1 unspecified atom stereocenters. The van der Waals surface area contributed by atoms with Gasteiger partial charge in [0.2, 0.25) is 5.91 Å². The zero-order valence-electron chi connectivity index (χ0n) is 11.8. The summed E-state index contributed by atoms with van der Waals surface area (Å²) < 4.78 is 13.5. The van der Waals surface area contributed by atoms with Crippen LogP contribution in [0.25, 0.3) is 0 Å². The summed E-state index contributed by atoms with van der Waals surface area (Å²) in [7, 11) is 0. The van der Waals surface area contributed by atoms with Crippen molar-refractivity contribution in [2.24, 2.45) is 0 Å². The van der Waals surface area contributed by atoms with Crippen LogP contribution in [0.15, 0.2) is 30.3 Å². The van der Waals surface area contributed by atoms with Gasteiger partial charge in [0.1, 0.15) is 23.7 Å². The molecule has 3 rings (SSSR count). The van der Waals surface area contributed by atoms with Crippen LogP contribution in [-0.2, 0) is 4.79 Å². The fraction of sp³-hybridized carbons (Fsp3) is 0.200. The molecule has 0 aliphatic carbocycles. The number of hydrogen-bond acceptors (Lipinski definition) is 5. The predicted octanol–water partition coefficient (Wildman–Crippen LogP) is 2.36. The number of nitrogens with one attached hydrogen (secondary N) is 1. The number of anilines is 2. The Hall–Kier alpha value is -2.72. The summed E-state index contributed by atoms with van der Waals surface area (Å²) in [5.41, 5.74) is 0.665. The van der Waals surface area contributed by atoms with Crippen molar-refractivity contribution >= 4 is 29.0 Å². The zero-order chi connectivity index (χ0) is 16.4. The van der Waals surface area contributed by atoms with Crippen molar-refractivity contribution < 1.29 is 9.18 Å². The minimum atomic E-state index is -0.564. The molecule has 1 aliphatic heterocycles. The number of nitrogens with zero attached hydrogens (tertiary/aromatic N) is 4. The first kappa shape index (κ1) is 15.2. The van der Waals surface area contributed by atoms with Gasteiger partial charge in [-0.05, 0) is 36.8 Å². The van der Waals surface area contributed by atoms with Gasteiger partial charge in [-0.25, -0.2) is 4.39 Å². The van der Waals surface area contributed by atoms with Crippen LogP contribution in [0, 0.1) is 17.1 Å². The Morgan fingerprint density at radius 1 is 1.35 bits per heavy atom. The molecule has 0 bridgehead atoms. The molecule has 0 radical (unpaired) electrons. The number of hydrogen-bond donors (Lipinski definition) is 1. The third-order valence-corrected chi connectivity index (χ3v) is 3.83. The van der Waals surface area contributed by atoms with Gasteiger partial charge in [0.05, 0.1) is 5.02 Å². The summed E-state index contributed by atoms with van der Waals surface area (Å²) in [5.74, 6) is -0.337. The average Bonchev–Trinajstić information content (AvgIpc) is 2.92. The normalized spacial score (nSPS) is 17.2. The molecule has 1 aromatic carbocycles. The van der Waals surface area contributed by atoms with Crippen LogP contribution >= 0.6 is 11.6 Å². The first-order chi connectivity index (χ1) is 11.1. The second-order valence-corrected chi connectivity index (χ2v) is 5.40. The lowest BCUT2D eigenvalue weighted by molar-refractivity contribution is -0.117. The summed E-state index contributed by atoms with van der Waals surface area (Å²) >= 11 is 5.66. The SMILES string of the molecule is N#Cc1ccc(NC2CCN(c3ccc(Cl)c(F)c3)C2=O)nn1. The maximum atomic E-state index is 13.5. The van der Waals surface area contributed by atoms with E-state index in [4.69, 9.17) is 16.9 Å². The molecule has 1 aromatic heterocycles. The van der Waals surface area contributed by atoms with E-state index in [-0.39, 0.29) is 16.6 Å². The summed E-state index contributed by atoms with van der Waals surface area (Å²) in [6.07, 6.45) is 0.546. The Balaban J connectivity index is 1.73. The molecule has 23 heavy (non-hydrogen) atoms. The van der Waals surface area contributed by atoms with Crippen molar-refractivity contribution in [2.75, 3.05) is 16.8 Å². The standard InChI is InChI=1S/C15H11ClFN5O/c16-11-3-2-10(7-12(11)17)22-6-5-13(15(22)23)19-14-4-1-9(8-18)20-21-14/h1-4,7,13H,5-6H2,(H,19,21). The Morgan fingerprint density at radius 3 is 2.83 bits per heavy atom. The van der Waals surface area contributed by atoms with Crippen molar-refractivity contribution in [3.8, 4) is 6.07 Å². The van der Waals surface area contributed by atoms with Crippen molar-refractivity contribution in [3.05, 3.63) is 46.9 Å². The molecule has 1 saturated heterocycles. The lowest BCUT2D eigenvalue weighted by Crippen LogP contribution is -2.33. The molecule has 1 fully saturated rings. The number of amides is 1. The summed E-state index contributed by atoms with van der Waals surface area (Å²) in [5, 5.41) is 19.2. The first-order valence-corrected chi connectivity index (χ1v) is 7.23. The predicted molar refractivity (Wildman–Crippen MR) is 82.5 cm³/mol. The topological polar surface area (TPSA) is 81.9 Å². The molecule has 116 valence electrons. The molecule has 8 heteroatoms. The Bertz CT molecular complexity index is 789. The van der Waals surface area contributed by atoms with Crippen LogP contribution in [0.1, 0.15) is 12.1 Å². The third-order valence-electron chi connectivity index (χ3n) is 3.52. The molecule has 0 spiro atoms. The molecule has 6 nitrogen and oxygen atoms in total. The zero-order valence-corrected chi connectivity index (χ0v) is 12.6. The first-order valence-electron chi connectivity index (χ1n) is 6.85. The molecular weight excluding hydrogens is 321 g/mol. The van der Waals surface area contributed by atoms with Crippen LogP contribution < -0.4 is 10.2 Å². The summed E-state index contributed by atoms with van der Waals surface area (Å²) in [6, 6.07) is 8.77. The number of nitriles is 1. The molecule has 1 atom stereocenters. The Kier molecular flexibility index (Phi) is 4.08. The van der Waals surface area contributed by atoms with E-state index in [0.717, 1.165) is 0 Å². The largest absolute Gasteiger partial charge is 0.357 e. The minimum Gasteiger partial charge on any atom is -0.357 e. The van der Waals surface area contributed by atoms with Gasteiger partial charge >= 0.3 is 0 Å². The molecule has 2 aromatic rings. The second kappa shape index (κ2) is 6.18. The van der Waals surface area contributed by atoms with Gasteiger partial charge in [0.25, 0.3) is 0 Å². The van der Waals surface area contributed by atoms with E-state index < -0.39 is 11.9 Å². The van der Waals surface area contributed by atoms with Gasteiger partial charge in [-0.15, -0.1) is 10.2 Å². The Morgan fingerprint density at radius 2 is 2.17 bits per heavy atom. The fourth-order valence-corrected chi connectivity index (χ4v) is 2.49. The maximum absolute atomic E-state index is 13.5. The smallest absolute Gasteiger partial charge is 0.249 e. The van der Waals surface area contributed by atoms with Crippen LogP contribution in [-0.4, -0.2) is 28.7 Å². The molecule has 1 N–H and O–H groups in total. The van der Waals surface area contributed by atoms with Crippen molar-refractivity contribution in [1.29, 1.82) is 5.26 Å². The van der Waals surface area contributed by atoms with Crippen LogP contribution in [0.3, 0.4) is 0 Å². The summed E-state index contributed by atoms with van der Waals surface area (Å²) in [6.45, 7) is 0.460. The van der Waals surface area contributed by atoms with Gasteiger partial charge in [0.15, 0.2) is 5.69 Å². The van der Waals surface area contributed by atoms with Crippen LogP contribution in [0.5, 0.6) is 0 Å². The van der Waals surface area contributed by atoms with Crippen molar-refractivity contribution in [1.82, 2.24) is 10.2 Å². The van der Waals surface area contributed by atoms with Gasteiger partial charge in [-0.3, -0.25) is 4.79 Å². The number of benzene rings is 1. The highest BCUT2D eigenvalue weighted by molar-refractivity contribution is 6.30. The van der Waals surface area contributed by atoms with Crippen molar-refractivity contribution in [2.45, 2.75) is 12.5 Å². The molecule has 2 heterocycles. The highest BCUT2D eigenvalue weighted by Crippen LogP contribution is 2.26. The highest BCUT2D eigenvalue weighted by Gasteiger charge is 2.33. The summed E-state index contributed by atoms with van der Waals surface area (Å²) in [4.78, 5) is 13.9. The monoisotopic (exact) mass is 331 g/mol. The average molecular weight is 332 g/mol. The lowest BCUT2D eigenvalue weighted by Gasteiger charge is -2.17. The van der Waals surface area contributed by atoms with Gasteiger partial charge in [-0.2, -0.15) is 5.26 Å². The minimum absolute atomic E-state index is 0.0166. The van der Waals surface area contributed by atoms with Crippen LogP contribution in [0.2, 0.25) is 5.02 Å². The third kappa shape index (κ3) is 3.07. The van der Waals surface area contributed by atoms with E-state index in [1.807, 2.05) is 6.07 Å². The van der Waals surface area contributed by atoms with E-state index in [1.54, 1.807) is 12.1 Å². The van der Waals surface area contributed by atoms with Gasteiger partial charge in [-0.1, -0.05) is 11.6 Å². The molecule has 0 saturated carbocycles. The number of aromatic nitrogens is 2. The molecule has 1 aliphatic rings. The highest BCUT2D eigenvalue weighted by atomic mass is 35.5. The number of carbonyl (C=O) groups excluding carboxylic acids is 1. The van der Waals surface area contributed by atoms with E-state index in [1.165, 1.54) is 23.1 Å². The van der Waals surface area contributed by atoms with Gasteiger partial charge in [0, 0.05) is 12.2 Å². The van der Waals surface area contributed by atoms with E-state index >= 15 is 0 Å². The van der Waals surface area contributed by atoms with E-state index in [0.29, 0.717) is 24.5 Å². The molecular formula is C15H11ClFN5O. The van der Waals surface area contributed by atoms with E-state index in [2.05, 4.69) is 15.5 Å². The van der Waals surface area contributed by atoms with Gasteiger partial charge < -0.3 is 10.2 Å². The number of rotatable bonds is 3. The number of halogens is 2. The van der Waals surface area contributed by atoms with E-state index in [9.17, 15) is 9.18 Å². The maximum Gasteiger partial charge on any atom is 0.249 e. The fourth-order valence-electron chi connectivity index (χ4n) is 2.37. The van der Waals surface area contributed by atoms with Crippen molar-refractivity contribution in [3.63, 3.8) is 0 Å². The number of carbonyl (C=O) groups is 1. The Labute approximate surface area is 136 Å². The lowest BCUT2D eigenvalue weighted by atomic mass is 10.2. The second-order valence-electron chi connectivity index (χ2n) is 4.99. The molecule has 1 amide bonds. The quantitative estimate of drug-likeness (QED) is 0.933.